The number of aliphatic hydroxyl groups is 1. The molecule has 7 heteroatoms. The molecule has 0 saturated heterocycles. The van der Waals surface area contributed by atoms with Crippen molar-refractivity contribution in [3.05, 3.63) is 66.1 Å². The highest BCUT2D eigenvalue weighted by molar-refractivity contribution is 7.99. The van der Waals surface area contributed by atoms with E-state index in [4.69, 9.17) is 4.42 Å². The van der Waals surface area contributed by atoms with E-state index < -0.39 is 0 Å². The van der Waals surface area contributed by atoms with E-state index in [-0.39, 0.29) is 17.4 Å². The maximum absolute atomic E-state index is 12.3. The molecule has 0 saturated carbocycles. The lowest BCUT2D eigenvalue weighted by molar-refractivity contribution is 0.104. The number of nitrogens with zero attached hydrogens (tertiary/aromatic N) is 2. The van der Waals surface area contributed by atoms with Crippen LogP contribution in [0.25, 0.3) is 5.76 Å². The van der Waals surface area contributed by atoms with Crippen LogP contribution in [0.2, 0.25) is 0 Å². The number of ketones is 1. The summed E-state index contributed by atoms with van der Waals surface area (Å²) in [5.41, 5.74) is 1.54. The van der Waals surface area contributed by atoms with E-state index in [0.717, 1.165) is 16.5 Å². The Balaban J connectivity index is 1.81. The second-order valence-electron chi connectivity index (χ2n) is 4.78. The van der Waals surface area contributed by atoms with E-state index >= 15 is 0 Å². The first kappa shape index (κ1) is 15.1. The fourth-order valence-corrected chi connectivity index (χ4v) is 2.76. The lowest BCUT2D eigenvalue weighted by Gasteiger charge is -2.01. The molecule has 3 rings (SSSR count). The van der Waals surface area contributed by atoms with Crippen LogP contribution < -0.4 is 0 Å². The Kier molecular flexibility index (Phi) is 4.29. The highest BCUT2D eigenvalue weighted by Crippen LogP contribution is 2.32. The van der Waals surface area contributed by atoms with Crippen molar-refractivity contribution in [2.45, 2.75) is 16.7 Å². The molecule has 6 nitrogen and oxygen atoms in total. The summed E-state index contributed by atoms with van der Waals surface area (Å²) >= 11 is 1.42. The zero-order valence-corrected chi connectivity index (χ0v) is 13.0. The molecule has 2 heterocycles. The van der Waals surface area contributed by atoms with Crippen LogP contribution in [0.1, 0.15) is 21.7 Å². The summed E-state index contributed by atoms with van der Waals surface area (Å²) in [5.74, 6) is -0.617. The van der Waals surface area contributed by atoms with Crippen LogP contribution in [0.3, 0.4) is 0 Å². The van der Waals surface area contributed by atoms with Gasteiger partial charge in [0.25, 0.3) is 0 Å². The molecule has 23 heavy (non-hydrogen) atoms. The van der Waals surface area contributed by atoms with Gasteiger partial charge in [0.1, 0.15) is 18.9 Å². The quantitative estimate of drug-likeness (QED) is 0.422. The number of H-pyrrole nitrogens is 1. The Bertz CT molecular complexity index is 836. The van der Waals surface area contributed by atoms with Crippen LogP contribution in [0.5, 0.6) is 0 Å². The van der Waals surface area contributed by atoms with Crippen LogP contribution in [-0.4, -0.2) is 26.1 Å². The molecule has 0 atom stereocenters. The standard InChI is InChI=1S/C16H13N3O3S/c1-10-2-4-11(5-3-10)23-15-8-22-7-12(15)13(20)6-14(21)16-17-9-18-19-16/h2-9,21H,1H3,(H,17,18,19). The predicted molar refractivity (Wildman–Crippen MR) is 85.3 cm³/mol. The fraction of sp³-hybridized carbons (Fsp3) is 0.0625. The summed E-state index contributed by atoms with van der Waals surface area (Å²) in [6.45, 7) is 2.01. The van der Waals surface area contributed by atoms with Crippen molar-refractivity contribution in [3.8, 4) is 0 Å². The van der Waals surface area contributed by atoms with Crippen LogP contribution in [0, 0.1) is 6.92 Å². The molecule has 1 aromatic carbocycles. The Morgan fingerprint density at radius 3 is 2.78 bits per heavy atom. The largest absolute Gasteiger partial charge is 0.504 e. The number of aromatic amines is 1. The number of hydrogen-bond acceptors (Lipinski definition) is 6. The number of hydrogen-bond donors (Lipinski definition) is 2. The second-order valence-corrected chi connectivity index (χ2v) is 5.90. The molecule has 2 N–H and O–H groups in total. The first-order chi connectivity index (χ1) is 11.1. The summed E-state index contributed by atoms with van der Waals surface area (Å²) in [7, 11) is 0. The lowest BCUT2D eigenvalue weighted by atomic mass is 10.2. The van der Waals surface area contributed by atoms with E-state index in [0.29, 0.717) is 10.5 Å². The molecular formula is C16H13N3O3S. The van der Waals surface area contributed by atoms with Crippen molar-refractivity contribution < 1.29 is 14.3 Å². The van der Waals surface area contributed by atoms with Gasteiger partial charge < -0.3 is 9.52 Å². The van der Waals surface area contributed by atoms with Gasteiger partial charge in [-0.25, -0.2) is 4.98 Å². The molecule has 0 aliphatic rings. The van der Waals surface area contributed by atoms with Crippen LogP contribution in [0.15, 0.2) is 63.4 Å². The van der Waals surface area contributed by atoms with Gasteiger partial charge in [-0.3, -0.25) is 9.89 Å². The zero-order chi connectivity index (χ0) is 16.2. The average Bonchev–Trinajstić information content (AvgIpc) is 3.20. The number of furan rings is 1. The zero-order valence-electron chi connectivity index (χ0n) is 12.2. The predicted octanol–water partition coefficient (Wildman–Crippen LogP) is 3.64. The summed E-state index contributed by atoms with van der Waals surface area (Å²) in [4.78, 5) is 17.8. The van der Waals surface area contributed by atoms with E-state index in [1.54, 1.807) is 0 Å². The SMILES string of the molecule is Cc1ccc(Sc2cocc2C(=O)C=C(O)c2nc[nH]n2)cc1. The number of rotatable bonds is 5. The first-order valence-electron chi connectivity index (χ1n) is 6.75. The Labute approximate surface area is 136 Å². The van der Waals surface area contributed by atoms with Crippen LogP contribution in [0.4, 0.5) is 0 Å². The minimum Gasteiger partial charge on any atom is -0.504 e. The van der Waals surface area contributed by atoms with Gasteiger partial charge in [-0.2, -0.15) is 5.10 Å². The summed E-state index contributed by atoms with van der Waals surface area (Å²) in [6.07, 6.45) is 5.27. The van der Waals surface area contributed by atoms with Crippen LogP contribution >= 0.6 is 11.8 Å². The van der Waals surface area contributed by atoms with Gasteiger partial charge in [0, 0.05) is 11.0 Å². The normalized spacial score (nSPS) is 11.6. The highest BCUT2D eigenvalue weighted by atomic mass is 32.2. The fourth-order valence-electron chi connectivity index (χ4n) is 1.88. The van der Waals surface area contributed by atoms with Crippen LogP contribution in [-0.2, 0) is 0 Å². The van der Waals surface area contributed by atoms with Gasteiger partial charge in [-0.1, -0.05) is 29.5 Å². The molecule has 116 valence electrons. The number of aryl methyl sites for hydroxylation is 1. The molecule has 0 radical (unpaired) electrons. The van der Waals surface area contributed by atoms with Gasteiger partial charge in [0.05, 0.1) is 10.5 Å². The highest BCUT2D eigenvalue weighted by Gasteiger charge is 2.15. The summed E-state index contributed by atoms with van der Waals surface area (Å²) in [5, 5.41) is 16.0. The smallest absolute Gasteiger partial charge is 0.215 e. The molecule has 0 unspecified atom stereocenters. The minimum absolute atomic E-state index is 0.0644. The van der Waals surface area contributed by atoms with Crippen molar-refractivity contribution in [3.63, 3.8) is 0 Å². The molecule has 0 bridgehead atoms. The monoisotopic (exact) mass is 327 g/mol. The number of nitrogens with one attached hydrogen (secondary N) is 1. The number of aromatic nitrogens is 3. The number of allylic oxidation sites excluding steroid dienone is 1. The number of carbonyl (C=O) groups excluding carboxylic acids is 1. The van der Waals surface area contributed by atoms with E-state index in [2.05, 4.69) is 15.2 Å². The summed E-state index contributed by atoms with van der Waals surface area (Å²) in [6, 6.07) is 7.95. The number of benzene rings is 1. The Morgan fingerprint density at radius 2 is 2.09 bits per heavy atom. The van der Waals surface area contributed by atoms with Gasteiger partial charge >= 0.3 is 0 Å². The molecule has 3 aromatic rings. The summed E-state index contributed by atoms with van der Waals surface area (Å²) < 4.78 is 5.15. The molecule has 0 aliphatic heterocycles. The van der Waals surface area contributed by atoms with E-state index in [9.17, 15) is 9.90 Å². The maximum atomic E-state index is 12.3. The number of carbonyl (C=O) groups is 1. The molecular weight excluding hydrogens is 314 g/mol. The Morgan fingerprint density at radius 1 is 1.30 bits per heavy atom. The minimum atomic E-state index is -0.379. The molecule has 0 fully saturated rings. The third kappa shape index (κ3) is 3.51. The third-order valence-electron chi connectivity index (χ3n) is 3.05. The second kappa shape index (κ2) is 6.53. The first-order valence-corrected chi connectivity index (χ1v) is 7.57. The van der Waals surface area contributed by atoms with Crippen molar-refractivity contribution in [1.29, 1.82) is 0 Å². The molecule has 2 aromatic heterocycles. The van der Waals surface area contributed by atoms with E-state index in [1.807, 2.05) is 31.2 Å². The van der Waals surface area contributed by atoms with Gasteiger partial charge in [-0.05, 0) is 19.1 Å². The van der Waals surface area contributed by atoms with Crippen molar-refractivity contribution in [1.82, 2.24) is 15.2 Å². The van der Waals surface area contributed by atoms with Gasteiger partial charge in [0.2, 0.25) is 5.82 Å². The van der Waals surface area contributed by atoms with Crippen molar-refractivity contribution in [2.75, 3.05) is 0 Å². The Hall–Kier alpha value is -2.80. The average molecular weight is 327 g/mol. The molecule has 0 amide bonds. The van der Waals surface area contributed by atoms with Crippen molar-refractivity contribution in [2.24, 2.45) is 0 Å². The molecule has 0 spiro atoms. The lowest BCUT2D eigenvalue weighted by Crippen LogP contribution is -1.97. The van der Waals surface area contributed by atoms with E-state index in [1.165, 1.54) is 30.6 Å². The van der Waals surface area contributed by atoms with Gasteiger partial charge in [0.15, 0.2) is 11.5 Å². The maximum Gasteiger partial charge on any atom is 0.215 e. The molecule has 0 aliphatic carbocycles. The topological polar surface area (TPSA) is 92.0 Å². The third-order valence-corrected chi connectivity index (χ3v) is 4.10. The number of aliphatic hydroxyl groups excluding tert-OH is 1. The van der Waals surface area contributed by atoms with Gasteiger partial charge in [-0.15, -0.1) is 0 Å². The van der Waals surface area contributed by atoms with Crippen molar-refractivity contribution >= 4 is 23.3 Å².